The minimum atomic E-state index is -0.521. The minimum Gasteiger partial charge on any atom is -0.400 e. The van der Waals surface area contributed by atoms with Gasteiger partial charge in [0.2, 0.25) is 0 Å². The molecule has 2 aromatic rings. The van der Waals surface area contributed by atoms with Gasteiger partial charge in [0.05, 0.1) is 0 Å². The van der Waals surface area contributed by atoms with Crippen LogP contribution in [0.5, 0.6) is 0 Å². The second-order valence-corrected chi connectivity index (χ2v) is 5.44. The lowest BCUT2D eigenvalue weighted by Gasteiger charge is -2.05. The van der Waals surface area contributed by atoms with Crippen LogP contribution in [0.1, 0.15) is 30.0 Å². The smallest absolute Gasteiger partial charge is 0.126 e. The Hall–Kier alpha value is -1.82. The predicted octanol–water partition coefficient (Wildman–Crippen LogP) is 3.57. The third-order valence-corrected chi connectivity index (χ3v) is 3.29. The first kappa shape index (κ1) is 23.2. The highest BCUT2D eigenvalue weighted by molar-refractivity contribution is 5.23. The van der Waals surface area contributed by atoms with Gasteiger partial charge in [-0.05, 0) is 61.7 Å². The van der Waals surface area contributed by atoms with Crippen LogP contribution in [0.2, 0.25) is 0 Å². The molecule has 0 radical (unpaired) electrons. The van der Waals surface area contributed by atoms with Crippen molar-refractivity contribution in [1.29, 1.82) is 0 Å². The largest absolute Gasteiger partial charge is 0.400 e. The van der Waals surface area contributed by atoms with Gasteiger partial charge in [-0.1, -0.05) is 31.2 Å². The fourth-order valence-electron chi connectivity index (χ4n) is 2.11. The van der Waals surface area contributed by atoms with E-state index in [2.05, 4.69) is 36.5 Å². The van der Waals surface area contributed by atoms with Crippen LogP contribution >= 0.6 is 0 Å². The topological polar surface area (TPSA) is 58.3 Å². The summed E-state index contributed by atoms with van der Waals surface area (Å²) in [5.74, 6) is -1.04. The van der Waals surface area contributed by atoms with Gasteiger partial charge in [-0.2, -0.15) is 0 Å². The Morgan fingerprint density at radius 3 is 2.12 bits per heavy atom. The molecule has 0 aliphatic rings. The van der Waals surface area contributed by atoms with Crippen LogP contribution < -0.4 is 11.1 Å². The van der Waals surface area contributed by atoms with Crippen molar-refractivity contribution in [3.05, 3.63) is 70.8 Å². The Morgan fingerprint density at radius 1 is 1.00 bits per heavy atom. The molecule has 0 saturated heterocycles. The predicted molar refractivity (Wildman–Crippen MR) is 100 cm³/mol. The van der Waals surface area contributed by atoms with E-state index in [0.717, 1.165) is 45.7 Å². The number of nitrogens with two attached hydrogens (primary N) is 1. The van der Waals surface area contributed by atoms with Gasteiger partial charge in [0, 0.05) is 19.7 Å². The summed E-state index contributed by atoms with van der Waals surface area (Å²) in [7, 11) is 1.00. The van der Waals surface area contributed by atoms with E-state index in [1.54, 1.807) is 6.92 Å². The van der Waals surface area contributed by atoms with Gasteiger partial charge in [-0.3, -0.25) is 0 Å². The SMILES string of the molecule is CCc1cccc(CNCCCN)c1.CO.Cc1cc(F)cc(F)c1. The molecule has 0 aliphatic heterocycles. The Kier molecular flexibility index (Phi) is 13.5. The van der Waals surface area contributed by atoms with Gasteiger partial charge < -0.3 is 16.2 Å². The van der Waals surface area contributed by atoms with Crippen LogP contribution in [-0.2, 0) is 13.0 Å². The fraction of sp³-hybridized carbons (Fsp3) is 0.400. The number of rotatable bonds is 6. The first-order valence-corrected chi connectivity index (χ1v) is 8.41. The summed E-state index contributed by atoms with van der Waals surface area (Å²) in [6.07, 6.45) is 2.16. The molecule has 25 heavy (non-hydrogen) atoms. The number of aryl methyl sites for hydroxylation is 2. The van der Waals surface area contributed by atoms with Crippen LogP contribution in [-0.4, -0.2) is 25.3 Å². The van der Waals surface area contributed by atoms with Crippen molar-refractivity contribution in [2.45, 2.75) is 33.2 Å². The molecular weight excluding hydrogens is 322 g/mol. The van der Waals surface area contributed by atoms with Gasteiger partial charge in [0.1, 0.15) is 11.6 Å². The Labute approximate surface area is 149 Å². The van der Waals surface area contributed by atoms with Crippen molar-refractivity contribution >= 4 is 0 Å². The van der Waals surface area contributed by atoms with Crippen LogP contribution in [0.25, 0.3) is 0 Å². The van der Waals surface area contributed by atoms with Crippen molar-refractivity contribution < 1.29 is 13.9 Å². The molecule has 5 heteroatoms. The molecule has 2 aromatic carbocycles. The van der Waals surface area contributed by atoms with Crippen LogP contribution in [0.4, 0.5) is 8.78 Å². The Balaban J connectivity index is 0.000000451. The van der Waals surface area contributed by atoms with Crippen molar-refractivity contribution in [2.75, 3.05) is 20.2 Å². The molecule has 0 atom stereocenters. The van der Waals surface area contributed by atoms with Gasteiger partial charge in [-0.15, -0.1) is 0 Å². The molecule has 140 valence electrons. The maximum atomic E-state index is 12.2. The molecule has 0 heterocycles. The summed E-state index contributed by atoms with van der Waals surface area (Å²) >= 11 is 0. The number of hydrogen-bond donors (Lipinski definition) is 3. The normalized spacial score (nSPS) is 9.56. The van der Waals surface area contributed by atoms with Crippen molar-refractivity contribution in [2.24, 2.45) is 5.73 Å². The average molecular weight is 352 g/mol. The lowest BCUT2D eigenvalue weighted by molar-refractivity contribution is 0.399. The van der Waals surface area contributed by atoms with E-state index in [1.165, 1.54) is 23.3 Å². The maximum Gasteiger partial charge on any atom is 0.126 e. The third-order valence-electron chi connectivity index (χ3n) is 3.29. The molecule has 0 spiro atoms. The van der Waals surface area contributed by atoms with Crippen LogP contribution in [0, 0.1) is 18.6 Å². The zero-order chi connectivity index (χ0) is 19.1. The zero-order valence-electron chi connectivity index (χ0n) is 15.4. The van der Waals surface area contributed by atoms with E-state index in [0.29, 0.717) is 5.56 Å². The van der Waals surface area contributed by atoms with Gasteiger partial charge in [0.25, 0.3) is 0 Å². The average Bonchev–Trinajstić information content (AvgIpc) is 2.60. The third kappa shape index (κ3) is 11.4. The second kappa shape index (κ2) is 14.5. The van der Waals surface area contributed by atoms with Crippen molar-refractivity contribution in [3.8, 4) is 0 Å². The van der Waals surface area contributed by atoms with Gasteiger partial charge in [0.15, 0.2) is 0 Å². The lowest BCUT2D eigenvalue weighted by atomic mass is 10.1. The lowest BCUT2D eigenvalue weighted by Crippen LogP contribution is -2.17. The monoisotopic (exact) mass is 352 g/mol. The van der Waals surface area contributed by atoms with Crippen LogP contribution in [0.3, 0.4) is 0 Å². The molecule has 3 nitrogen and oxygen atoms in total. The van der Waals surface area contributed by atoms with E-state index < -0.39 is 11.6 Å². The fourth-order valence-corrected chi connectivity index (χ4v) is 2.11. The quantitative estimate of drug-likeness (QED) is 0.697. The maximum absolute atomic E-state index is 12.2. The first-order valence-electron chi connectivity index (χ1n) is 8.41. The summed E-state index contributed by atoms with van der Waals surface area (Å²) in [6, 6.07) is 12.1. The summed E-state index contributed by atoms with van der Waals surface area (Å²) in [6.45, 7) is 6.55. The number of hydrogen-bond acceptors (Lipinski definition) is 3. The second-order valence-electron chi connectivity index (χ2n) is 5.44. The van der Waals surface area contributed by atoms with Crippen molar-refractivity contribution in [1.82, 2.24) is 5.32 Å². The van der Waals surface area contributed by atoms with E-state index in [9.17, 15) is 8.78 Å². The zero-order valence-corrected chi connectivity index (χ0v) is 15.4. The Morgan fingerprint density at radius 2 is 1.60 bits per heavy atom. The molecule has 4 N–H and O–H groups in total. The molecule has 0 amide bonds. The molecule has 0 fully saturated rings. The van der Waals surface area contributed by atoms with Gasteiger partial charge in [-0.25, -0.2) is 8.78 Å². The summed E-state index contributed by atoms with van der Waals surface area (Å²) < 4.78 is 24.4. The highest BCUT2D eigenvalue weighted by Gasteiger charge is 1.94. The first-order chi connectivity index (χ1) is 12.0. The van der Waals surface area contributed by atoms with E-state index in [-0.39, 0.29) is 0 Å². The highest BCUT2D eigenvalue weighted by Crippen LogP contribution is 2.06. The molecule has 0 saturated carbocycles. The van der Waals surface area contributed by atoms with Crippen LogP contribution in [0.15, 0.2) is 42.5 Å². The van der Waals surface area contributed by atoms with Crippen molar-refractivity contribution in [3.63, 3.8) is 0 Å². The standard InChI is InChI=1S/C12H20N2.C7H6F2.CH4O/c1-2-11-5-3-6-12(9-11)10-14-8-4-7-13;1-5-2-6(8)4-7(9)3-5;1-2/h3,5-6,9,14H,2,4,7-8,10,13H2,1H3;2-4H,1H3;2H,1H3. The Bertz CT molecular complexity index is 541. The number of aliphatic hydroxyl groups excluding tert-OH is 1. The molecular formula is C20H30F2N2O. The van der Waals surface area contributed by atoms with E-state index >= 15 is 0 Å². The number of halogens is 2. The number of benzene rings is 2. The molecule has 0 aliphatic carbocycles. The minimum absolute atomic E-state index is 0.521. The summed E-state index contributed by atoms with van der Waals surface area (Å²) in [5, 5.41) is 10.4. The van der Waals surface area contributed by atoms with Gasteiger partial charge >= 0.3 is 0 Å². The number of nitrogens with one attached hydrogen (secondary N) is 1. The summed E-state index contributed by atoms with van der Waals surface area (Å²) in [5.41, 5.74) is 8.79. The van der Waals surface area contributed by atoms with E-state index in [4.69, 9.17) is 10.8 Å². The number of aliphatic hydroxyl groups is 1. The molecule has 2 rings (SSSR count). The summed E-state index contributed by atoms with van der Waals surface area (Å²) in [4.78, 5) is 0. The molecule has 0 unspecified atom stereocenters. The highest BCUT2D eigenvalue weighted by atomic mass is 19.1. The van der Waals surface area contributed by atoms with E-state index in [1.807, 2.05) is 0 Å². The molecule has 0 aromatic heterocycles. The molecule has 0 bridgehead atoms.